The Morgan fingerprint density at radius 3 is 2.90 bits per heavy atom. The van der Waals surface area contributed by atoms with Gasteiger partial charge in [0, 0.05) is 57.6 Å². The zero-order valence-electron chi connectivity index (χ0n) is 18.5. The number of aliphatic imine (C=N–C) groups is 1. The number of piperidine rings is 1. The molecule has 1 aromatic rings. The molecule has 0 aromatic heterocycles. The van der Waals surface area contributed by atoms with Crippen molar-refractivity contribution in [3.63, 3.8) is 0 Å². The number of ether oxygens (including phenoxy) is 1. The van der Waals surface area contributed by atoms with Gasteiger partial charge in [-0.05, 0) is 50.3 Å². The number of hydrogen-bond acceptors (Lipinski definition) is 4. The first-order valence-corrected chi connectivity index (χ1v) is 11.3. The lowest BCUT2D eigenvalue weighted by Gasteiger charge is -2.35. The summed E-state index contributed by atoms with van der Waals surface area (Å²) in [6, 6.07) is 9.13. The standard InChI is InChI=1S/C23H39N5O/c1-4-20-8-5-6-13-27(20)15-12-25-23(24-2)26-17-19-11-14-28(18-19)21-9-7-10-22(16-21)29-3/h7,9-10,16,19-20H,4-6,8,11-15,17-18H2,1-3H3,(H2,24,25,26). The van der Waals surface area contributed by atoms with Gasteiger partial charge in [0.2, 0.25) is 0 Å². The van der Waals surface area contributed by atoms with E-state index in [0.29, 0.717) is 5.92 Å². The zero-order valence-corrected chi connectivity index (χ0v) is 18.5. The minimum atomic E-state index is 0.631. The Bertz CT molecular complexity index is 650. The van der Waals surface area contributed by atoms with Gasteiger partial charge < -0.3 is 20.3 Å². The Kier molecular flexibility index (Phi) is 8.47. The fourth-order valence-electron chi connectivity index (χ4n) is 4.64. The Hall–Kier alpha value is -1.95. The number of methoxy groups -OCH3 is 1. The molecule has 0 spiro atoms. The molecule has 0 saturated carbocycles. The zero-order chi connectivity index (χ0) is 20.5. The van der Waals surface area contributed by atoms with Gasteiger partial charge in [-0.15, -0.1) is 0 Å². The van der Waals surface area contributed by atoms with Crippen LogP contribution in [0.3, 0.4) is 0 Å². The highest BCUT2D eigenvalue weighted by molar-refractivity contribution is 5.79. The van der Waals surface area contributed by atoms with Crippen molar-refractivity contribution in [2.24, 2.45) is 10.9 Å². The molecule has 0 radical (unpaired) electrons. The molecule has 6 nitrogen and oxygen atoms in total. The molecule has 2 aliphatic heterocycles. The van der Waals surface area contributed by atoms with Gasteiger partial charge in [0.05, 0.1) is 7.11 Å². The van der Waals surface area contributed by atoms with Crippen molar-refractivity contribution in [2.75, 3.05) is 58.3 Å². The summed E-state index contributed by atoms with van der Waals surface area (Å²) in [5, 5.41) is 7.05. The molecule has 2 unspecified atom stereocenters. The van der Waals surface area contributed by atoms with E-state index in [4.69, 9.17) is 4.74 Å². The molecule has 2 heterocycles. The highest BCUT2D eigenvalue weighted by atomic mass is 16.5. The molecule has 2 N–H and O–H groups in total. The Labute approximate surface area is 176 Å². The number of nitrogens with one attached hydrogen (secondary N) is 2. The quantitative estimate of drug-likeness (QED) is 0.518. The van der Waals surface area contributed by atoms with Crippen LogP contribution in [0.15, 0.2) is 29.3 Å². The Morgan fingerprint density at radius 2 is 2.10 bits per heavy atom. The molecule has 2 aliphatic rings. The maximum absolute atomic E-state index is 5.36. The van der Waals surface area contributed by atoms with Gasteiger partial charge >= 0.3 is 0 Å². The van der Waals surface area contributed by atoms with Crippen LogP contribution in [0.1, 0.15) is 39.0 Å². The summed E-state index contributed by atoms with van der Waals surface area (Å²) < 4.78 is 5.36. The molecule has 162 valence electrons. The molecule has 6 heteroatoms. The lowest BCUT2D eigenvalue weighted by Crippen LogP contribution is -2.46. The SMILES string of the molecule is CCC1CCCCN1CCNC(=NC)NCC1CCN(c2cccc(OC)c2)C1. The first-order chi connectivity index (χ1) is 14.2. The third-order valence-electron chi connectivity index (χ3n) is 6.40. The average Bonchev–Trinajstić information content (AvgIpc) is 3.25. The van der Waals surface area contributed by atoms with E-state index in [1.807, 2.05) is 13.1 Å². The smallest absolute Gasteiger partial charge is 0.191 e. The number of nitrogens with zero attached hydrogens (tertiary/aromatic N) is 3. The van der Waals surface area contributed by atoms with Crippen LogP contribution in [-0.4, -0.2) is 70.3 Å². The largest absolute Gasteiger partial charge is 0.497 e. The summed E-state index contributed by atoms with van der Waals surface area (Å²) in [7, 11) is 3.59. The molecule has 2 fully saturated rings. The van der Waals surface area contributed by atoms with E-state index in [2.05, 4.69) is 50.5 Å². The van der Waals surface area contributed by atoms with Crippen molar-refractivity contribution in [1.82, 2.24) is 15.5 Å². The van der Waals surface area contributed by atoms with Crippen LogP contribution < -0.4 is 20.3 Å². The fraction of sp³-hybridized carbons (Fsp3) is 0.696. The van der Waals surface area contributed by atoms with Crippen LogP contribution in [-0.2, 0) is 0 Å². The van der Waals surface area contributed by atoms with Crippen molar-refractivity contribution in [3.8, 4) is 5.75 Å². The van der Waals surface area contributed by atoms with Crippen molar-refractivity contribution in [1.29, 1.82) is 0 Å². The molecule has 2 saturated heterocycles. The van der Waals surface area contributed by atoms with Crippen molar-refractivity contribution < 1.29 is 4.74 Å². The van der Waals surface area contributed by atoms with Gasteiger partial charge in [0.1, 0.15) is 5.75 Å². The minimum Gasteiger partial charge on any atom is -0.497 e. The Balaban J connectivity index is 1.38. The van der Waals surface area contributed by atoms with Crippen molar-refractivity contribution in [3.05, 3.63) is 24.3 Å². The fourth-order valence-corrected chi connectivity index (χ4v) is 4.64. The molecule has 3 rings (SSSR count). The summed E-state index contributed by atoms with van der Waals surface area (Å²) in [6.07, 6.45) is 6.55. The van der Waals surface area contributed by atoms with Gasteiger partial charge in [0.15, 0.2) is 5.96 Å². The summed E-state index contributed by atoms with van der Waals surface area (Å²) in [5.41, 5.74) is 1.25. The van der Waals surface area contributed by atoms with Crippen molar-refractivity contribution >= 4 is 11.6 Å². The molecule has 1 aromatic carbocycles. The third kappa shape index (κ3) is 6.26. The first-order valence-electron chi connectivity index (χ1n) is 11.3. The summed E-state index contributed by atoms with van der Waals surface area (Å²) >= 11 is 0. The number of hydrogen-bond donors (Lipinski definition) is 2. The van der Waals surface area contributed by atoms with Crippen LogP contribution in [0, 0.1) is 5.92 Å². The molecular weight excluding hydrogens is 362 g/mol. The second kappa shape index (κ2) is 11.3. The van der Waals surface area contributed by atoms with Crippen LogP contribution in [0.2, 0.25) is 0 Å². The lowest BCUT2D eigenvalue weighted by atomic mass is 10.0. The van der Waals surface area contributed by atoms with Crippen LogP contribution in [0.5, 0.6) is 5.75 Å². The van der Waals surface area contributed by atoms with E-state index < -0.39 is 0 Å². The normalized spacial score (nSPS) is 23.3. The molecular formula is C23H39N5O. The third-order valence-corrected chi connectivity index (χ3v) is 6.40. The number of rotatable bonds is 8. The molecule has 0 aliphatic carbocycles. The maximum Gasteiger partial charge on any atom is 0.191 e. The summed E-state index contributed by atoms with van der Waals surface area (Å²) in [5.74, 6) is 2.48. The van der Waals surface area contributed by atoms with E-state index in [1.54, 1.807) is 7.11 Å². The summed E-state index contributed by atoms with van der Waals surface area (Å²) in [6.45, 7) is 8.74. The predicted molar refractivity (Wildman–Crippen MR) is 122 cm³/mol. The highest BCUT2D eigenvalue weighted by Gasteiger charge is 2.23. The van der Waals surface area contributed by atoms with Crippen LogP contribution in [0.25, 0.3) is 0 Å². The second-order valence-corrected chi connectivity index (χ2v) is 8.28. The van der Waals surface area contributed by atoms with Gasteiger partial charge in [-0.1, -0.05) is 19.4 Å². The molecule has 29 heavy (non-hydrogen) atoms. The maximum atomic E-state index is 5.36. The first kappa shape index (κ1) is 21.8. The monoisotopic (exact) mass is 401 g/mol. The van der Waals surface area contributed by atoms with E-state index in [0.717, 1.165) is 50.5 Å². The topological polar surface area (TPSA) is 52.1 Å². The predicted octanol–water partition coefficient (Wildman–Crippen LogP) is 2.95. The Morgan fingerprint density at radius 1 is 1.21 bits per heavy atom. The van der Waals surface area contributed by atoms with Crippen molar-refractivity contribution in [2.45, 2.75) is 45.1 Å². The van der Waals surface area contributed by atoms with Crippen LogP contribution >= 0.6 is 0 Å². The number of guanidine groups is 1. The van der Waals surface area contributed by atoms with Gasteiger partial charge in [-0.25, -0.2) is 0 Å². The highest BCUT2D eigenvalue weighted by Crippen LogP contribution is 2.26. The van der Waals surface area contributed by atoms with E-state index >= 15 is 0 Å². The minimum absolute atomic E-state index is 0.631. The van der Waals surface area contributed by atoms with Crippen LogP contribution in [0.4, 0.5) is 5.69 Å². The lowest BCUT2D eigenvalue weighted by molar-refractivity contribution is 0.147. The van der Waals surface area contributed by atoms with Gasteiger partial charge in [-0.2, -0.15) is 0 Å². The number of anilines is 1. The molecule has 2 atom stereocenters. The van der Waals surface area contributed by atoms with Gasteiger partial charge in [-0.3, -0.25) is 9.89 Å². The molecule has 0 bridgehead atoms. The van der Waals surface area contributed by atoms with E-state index in [1.165, 1.54) is 44.3 Å². The van der Waals surface area contributed by atoms with E-state index in [9.17, 15) is 0 Å². The number of benzene rings is 1. The summed E-state index contributed by atoms with van der Waals surface area (Å²) in [4.78, 5) is 9.51. The average molecular weight is 402 g/mol. The van der Waals surface area contributed by atoms with E-state index in [-0.39, 0.29) is 0 Å². The molecule has 0 amide bonds. The number of likely N-dealkylation sites (tertiary alicyclic amines) is 1. The second-order valence-electron chi connectivity index (χ2n) is 8.28. The van der Waals surface area contributed by atoms with Gasteiger partial charge in [0.25, 0.3) is 0 Å².